The third kappa shape index (κ3) is 7.09. The summed E-state index contributed by atoms with van der Waals surface area (Å²) in [5.74, 6) is -0.320. The highest BCUT2D eigenvalue weighted by molar-refractivity contribution is 8.18. The lowest BCUT2D eigenvalue weighted by Gasteiger charge is -2.29. The maximum Gasteiger partial charge on any atom is 0.294 e. The van der Waals surface area contributed by atoms with Crippen molar-refractivity contribution in [2.75, 3.05) is 31.6 Å². The van der Waals surface area contributed by atoms with Crippen LogP contribution in [0.4, 0.5) is 10.5 Å². The zero-order valence-electron chi connectivity index (χ0n) is 24.3. The summed E-state index contributed by atoms with van der Waals surface area (Å²) < 4.78 is 11.5. The third-order valence-electron chi connectivity index (χ3n) is 7.37. The Hall–Kier alpha value is -4.57. The number of hydrogen-bond acceptors (Lipinski definition) is 7. The summed E-state index contributed by atoms with van der Waals surface area (Å²) in [6, 6.07) is 18.7. The van der Waals surface area contributed by atoms with Crippen LogP contribution < -0.4 is 14.8 Å². The number of amides is 4. The van der Waals surface area contributed by atoms with Crippen LogP contribution in [0, 0.1) is 13.8 Å². The van der Waals surface area contributed by atoms with Crippen LogP contribution in [-0.4, -0.2) is 59.1 Å². The van der Waals surface area contributed by atoms with E-state index in [1.54, 1.807) is 29.2 Å². The van der Waals surface area contributed by atoms with Gasteiger partial charge in [-0.15, -0.1) is 0 Å². The first-order chi connectivity index (χ1) is 20.7. The van der Waals surface area contributed by atoms with Crippen molar-refractivity contribution in [1.29, 1.82) is 0 Å². The molecule has 0 spiro atoms. The molecule has 0 aliphatic carbocycles. The summed E-state index contributed by atoms with van der Waals surface area (Å²) in [7, 11) is 0. The van der Waals surface area contributed by atoms with Crippen LogP contribution in [0.2, 0.25) is 0 Å². The van der Waals surface area contributed by atoms with E-state index in [-0.39, 0.29) is 29.9 Å². The smallest absolute Gasteiger partial charge is 0.294 e. The zero-order chi connectivity index (χ0) is 30.5. The Balaban J connectivity index is 1.22. The van der Waals surface area contributed by atoms with Crippen molar-refractivity contribution in [3.63, 3.8) is 0 Å². The number of benzene rings is 3. The maximum atomic E-state index is 13.1. The fraction of sp³-hybridized carbons (Fsp3) is 0.273. The Labute approximate surface area is 254 Å². The fourth-order valence-electron chi connectivity index (χ4n) is 4.89. The molecule has 0 radical (unpaired) electrons. The average molecular weight is 600 g/mol. The highest BCUT2D eigenvalue weighted by atomic mass is 32.2. The lowest BCUT2D eigenvalue weighted by molar-refractivity contribution is -0.136. The molecule has 10 heteroatoms. The van der Waals surface area contributed by atoms with E-state index in [2.05, 4.69) is 11.4 Å². The van der Waals surface area contributed by atoms with Gasteiger partial charge < -0.3 is 19.7 Å². The van der Waals surface area contributed by atoms with Crippen molar-refractivity contribution in [2.24, 2.45) is 0 Å². The van der Waals surface area contributed by atoms with E-state index in [1.807, 2.05) is 57.2 Å². The largest absolute Gasteiger partial charge is 0.490 e. The van der Waals surface area contributed by atoms with Crippen molar-refractivity contribution in [1.82, 2.24) is 9.80 Å². The number of aryl methyl sites for hydroxylation is 2. The number of nitrogens with zero attached hydrogens (tertiary/aromatic N) is 2. The van der Waals surface area contributed by atoms with Gasteiger partial charge in [0.05, 0.1) is 11.5 Å². The highest BCUT2D eigenvalue weighted by Crippen LogP contribution is 2.35. The van der Waals surface area contributed by atoms with Gasteiger partial charge in [0.15, 0.2) is 18.1 Å². The van der Waals surface area contributed by atoms with Crippen LogP contribution in [0.15, 0.2) is 65.6 Å². The van der Waals surface area contributed by atoms with E-state index in [9.17, 15) is 19.2 Å². The molecular weight excluding hydrogens is 566 g/mol. The van der Waals surface area contributed by atoms with Gasteiger partial charge in [-0.05, 0) is 97.1 Å². The molecule has 0 atom stereocenters. The first-order valence-corrected chi connectivity index (χ1v) is 14.9. The number of nitrogens with one attached hydrogen (secondary N) is 1. The Morgan fingerprint density at radius 1 is 0.953 bits per heavy atom. The SMILES string of the molecule is CCOc1cc(/C=C2/SC(=O)N(CC(=O)N3CCc4ccccc4C3)C2=O)ccc1OCC(=O)Nc1ccc(C)c(C)c1. The Morgan fingerprint density at radius 2 is 1.74 bits per heavy atom. The van der Waals surface area contributed by atoms with Crippen molar-refractivity contribution in [3.8, 4) is 11.5 Å². The van der Waals surface area contributed by atoms with Gasteiger partial charge in [0.25, 0.3) is 17.1 Å². The predicted octanol–water partition coefficient (Wildman–Crippen LogP) is 5.34. The van der Waals surface area contributed by atoms with Crippen LogP contribution in [0.5, 0.6) is 11.5 Å². The van der Waals surface area contributed by atoms with E-state index in [1.165, 1.54) is 5.56 Å². The molecule has 4 amide bonds. The Morgan fingerprint density at radius 3 is 2.51 bits per heavy atom. The molecule has 43 heavy (non-hydrogen) atoms. The van der Waals surface area contributed by atoms with Gasteiger partial charge in [-0.3, -0.25) is 24.1 Å². The third-order valence-corrected chi connectivity index (χ3v) is 8.27. The molecule has 0 unspecified atom stereocenters. The molecule has 2 aliphatic heterocycles. The monoisotopic (exact) mass is 599 g/mol. The number of fused-ring (bicyclic) bond motifs is 1. The summed E-state index contributed by atoms with van der Waals surface area (Å²) in [5, 5.41) is 2.34. The molecule has 1 saturated heterocycles. The van der Waals surface area contributed by atoms with Gasteiger partial charge in [-0.2, -0.15) is 0 Å². The van der Waals surface area contributed by atoms with Crippen LogP contribution in [0.1, 0.15) is 34.7 Å². The van der Waals surface area contributed by atoms with Gasteiger partial charge in [0, 0.05) is 18.8 Å². The number of imide groups is 1. The molecule has 3 aromatic carbocycles. The van der Waals surface area contributed by atoms with Gasteiger partial charge in [0.1, 0.15) is 6.54 Å². The van der Waals surface area contributed by atoms with Crippen LogP contribution in [0.3, 0.4) is 0 Å². The van der Waals surface area contributed by atoms with E-state index in [0.29, 0.717) is 42.4 Å². The number of ether oxygens (including phenoxy) is 2. The molecular formula is C33H33N3O6S. The molecule has 1 fully saturated rings. The number of carbonyl (C=O) groups excluding carboxylic acids is 4. The number of anilines is 1. The highest BCUT2D eigenvalue weighted by Gasteiger charge is 2.37. The topological polar surface area (TPSA) is 105 Å². The molecule has 1 N–H and O–H groups in total. The summed E-state index contributed by atoms with van der Waals surface area (Å²) in [5.41, 5.74) is 5.80. The normalized spacial score (nSPS) is 15.5. The molecule has 2 heterocycles. The summed E-state index contributed by atoms with van der Waals surface area (Å²) >= 11 is 0.797. The summed E-state index contributed by atoms with van der Waals surface area (Å²) in [6.07, 6.45) is 2.33. The Bertz CT molecular complexity index is 1620. The minimum Gasteiger partial charge on any atom is -0.490 e. The minimum absolute atomic E-state index is 0.214. The standard InChI is InChI=1S/C33H33N3O6S/c1-4-41-28-16-23(10-12-27(28)42-20-30(37)34-26-11-9-21(2)22(3)15-26)17-29-32(39)36(33(40)43-29)19-31(38)35-14-13-24-7-5-6-8-25(24)18-35/h5-12,15-17H,4,13-14,18-20H2,1-3H3,(H,34,37)/b29-17+. The van der Waals surface area contributed by atoms with Gasteiger partial charge >= 0.3 is 0 Å². The van der Waals surface area contributed by atoms with Gasteiger partial charge in [0.2, 0.25) is 5.91 Å². The molecule has 0 saturated carbocycles. The summed E-state index contributed by atoms with van der Waals surface area (Å²) in [6.45, 7) is 6.65. The molecule has 222 valence electrons. The molecule has 9 nitrogen and oxygen atoms in total. The molecule has 2 aliphatic rings. The first-order valence-electron chi connectivity index (χ1n) is 14.1. The quantitative estimate of drug-likeness (QED) is 0.331. The average Bonchev–Trinajstić information content (AvgIpc) is 3.25. The van der Waals surface area contributed by atoms with Crippen molar-refractivity contribution < 1.29 is 28.7 Å². The van der Waals surface area contributed by atoms with E-state index in [4.69, 9.17) is 9.47 Å². The van der Waals surface area contributed by atoms with Crippen LogP contribution in [0.25, 0.3) is 6.08 Å². The lowest BCUT2D eigenvalue weighted by Crippen LogP contribution is -2.44. The van der Waals surface area contributed by atoms with Crippen molar-refractivity contribution in [2.45, 2.75) is 33.7 Å². The van der Waals surface area contributed by atoms with Crippen molar-refractivity contribution in [3.05, 3.63) is 93.4 Å². The van der Waals surface area contributed by atoms with Crippen LogP contribution >= 0.6 is 11.8 Å². The predicted molar refractivity (Wildman–Crippen MR) is 166 cm³/mol. The minimum atomic E-state index is -0.512. The first kappa shape index (κ1) is 29.9. The second-order valence-corrected chi connectivity index (χ2v) is 11.4. The fourth-order valence-corrected chi connectivity index (χ4v) is 5.73. The second kappa shape index (κ2) is 13.2. The molecule has 0 aromatic heterocycles. The van der Waals surface area contributed by atoms with Gasteiger partial charge in [-0.1, -0.05) is 36.4 Å². The number of hydrogen-bond donors (Lipinski definition) is 1. The number of rotatable bonds is 9. The number of thioether (sulfide) groups is 1. The Kier molecular flexibility index (Phi) is 9.16. The second-order valence-electron chi connectivity index (χ2n) is 10.4. The van der Waals surface area contributed by atoms with E-state index < -0.39 is 11.1 Å². The molecule has 5 rings (SSSR count). The van der Waals surface area contributed by atoms with Crippen LogP contribution in [-0.2, 0) is 27.3 Å². The zero-order valence-corrected chi connectivity index (χ0v) is 25.2. The van der Waals surface area contributed by atoms with E-state index >= 15 is 0 Å². The van der Waals surface area contributed by atoms with Crippen molar-refractivity contribution >= 4 is 46.5 Å². The number of carbonyl (C=O) groups is 4. The maximum absolute atomic E-state index is 13.1. The molecule has 0 bridgehead atoms. The summed E-state index contributed by atoms with van der Waals surface area (Å²) in [4.78, 5) is 54.2. The van der Waals surface area contributed by atoms with E-state index in [0.717, 1.165) is 39.8 Å². The lowest BCUT2D eigenvalue weighted by atomic mass is 10.00. The molecule has 3 aromatic rings. The van der Waals surface area contributed by atoms with Gasteiger partial charge in [-0.25, -0.2) is 0 Å².